The Kier molecular flexibility index (Phi) is 3.89. The maximum absolute atomic E-state index is 5.79. The topological polar surface area (TPSA) is 87.6 Å². The molecule has 0 aliphatic carbocycles. The SMILES string of the molecule is COc1ccc(-c2cc(-c3ccc(OC)cc3)n3nc(N)nc3n2)cc1. The Morgan fingerprint density at radius 3 is 1.96 bits per heavy atom. The zero-order valence-electron chi connectivity index (χ0n) is 14.4. The third-order valence-corrected chi connectivity index (χ3v) is 4.10. The number of ether oxygens (including phenoxy) is 2. The van der Waals surface area contributed by atoms with Crippen molar-refractivity contribution in [1.29, 1.82) is 0 Å². The van der Waals surface area contributed by atoms with Crippen LogP contribution in [0.15, 0.2) is 54.6 Å². The number of benzene rings is 2. The first-order valence-electron chi connectivity index (χ1n) is 8.00. The maximum atomic E-state index is 5.79. The third kappa shape index (κ3) is 2.79. The monoisotopic (exact) mass is 347 g/mol. The van der Waals surface area contributed by atoms with E-state index >= 15 is 0 Å². The van der Waals surface area contributed by atoms with Crippen LogP contribution < -0.4 is 15.2 Å². The molecule has 0 aliphatic rings. The van der Waals surface area contributed by atoms with E-state index in [1.54, 1.807) is 18.7 Å². The number of nitrogens with two attached hydrogens (primary N) is 1. The summed E-state index contributed by atoms with van der Waals surface area (Å²) in [5.41, 5.74) is 9.31. The highest BCUT2D eigenvalue weighted by Gasteiger charge is 2.13. The van der Waals surface area contributed by atoms with Crippen LogP contribution in [0.25, 0.3) is 28.3 Å². The van der Waals surface area contributed by atoms with Crippen molar-refractivity contribution in [3.8, 4) is 34.0 Å². The molecule has 2 aromatic carbocycles. The molecule has 0 spiro atoms. The van der Waals surface area contributed by atoms with E-state index in [4.69, 9.17) is 15.2 Å². The Bertz CT molecular complexity index is 1060. The average molecular weight is 347 g/mol. The molecule has 7 heteroatoms. The summed E-state index contributed by atoms with van der Waals surface area (Å²) in [7, 11) is 3.28. The molecule has 2 aromatic heterocycles. The van der Waals surface area contributed by atoms with Crippen molar-refractivity contribution in [3.63, 3.8) is 0 Å². The van der Waals surface area contributed by atoms with Crippen LogP contribution in [0.5, 0.6) is 11.5 Å². The van der Waals surface area contributed by atoms with Gasteiger partial charge in [0.1, 0.15) is 11.5 Å². The Balaban J connectivity index is 1.89. The highest BCUT2D eigenvalue weighted by atomic mass is 16.5. The molecular formula is C19H17N5O2. The van der Waals surface area contributed by atoms with E-state index in [1.165, 1.54) is 0 Å². The molecule has 0 aliphatic heterocycles. The van der Waals surface area contributed by atoms with Crippen molar-refractivity contribution in [2.45, 2.75) is 0 Å². The lowest BCUT2D eigenvalue weighted by molar-refractivity contribution is 0.415. The number of nitrogens with zero attached hydrogens (tertiary/aromatic N) is 4. The molecule has 4 rings (SSSR count). The van der Waals surface area contributed by atoms with Crippen molar-refractivity contribution in [1.82, 2.24) is 19.6 Å². The fraction of sp³-hybridized carbons (Fsp3) is 0.105. The molecule has 0 bridgehead atoms. The predicted octanol–water partition coefficient (Wildman–Crippen LogP) is 3.06. The zero-order chi connectivity index (χ0) is 18.1. The minimum absolute atomic E-state index is 0.180. The van der Waals surface area contributed by atoms with Gasteiger partial charge in [-0.3, -0.25) is 0 Å². The van der Waals surface area contributed by atoms with E-state index in [9.17, 15) is 0 Å². The van der Waals surface area contributed by atoms with E-state index < -0.39 is 0 Å². The van der Waals surface area contributed by atoms with Gasteiger partial charge in [-0.25, -0.2) is 4.98 Å². The van der Waals surface area contributed by atoms with Gasteiger partial charge in [0.15, 0.2) is 0 Å². The lowest BCUT2D eigenvalue weighted by Gasteiger charge is -2.09. The molecular weight excluding hydrogens is 330 g/mol. The number of rotatable bonds is 4. The Morgan fingerprint density at radius 2 is 1.38 bits per heavy atom. The molecule has 26 heavy (non-hydrogen) atoms. The molecule has 0 fully saturated rings. The normalized spacial score (nSPS) is 10.8. The van der Waals surface area contributed by atoms with Gasteiger partial charge < -0.3 is 15.2 Å². The molecule has 130 valence electrons. The highest BCUT2D eigenvalue weighted by molar-refractivity contribution is 5.71. The van der Waals surface area contributed by atoms with Crippen LogP contribution in [0.3, 0.4) is 0 Å². The van der Waals surface area contributed by atoms with Crippen molar-refractivity contribution in [2.75, 3.05) is 20.0 Å². The van der Waals surface area contributed by atoms with Crippen LogP contribution in [0.1, 0.15) is 0 Å². The maximum Gasteiger partial charge on any atom is 0.255 e. The largest absolute Gasteiger partial charge is 0.497 e. The van der Waals surface area contributed by atoms with Gasteiger partial charge >= 0.3 is 0 Å². The fourth-order valence-corrected chi connectivity index (χ4v) is 2.76. The van der Waals surface area contributed by atoms with E-state index in [-0.39, 0.29) is 5.95 Å². The van der Waals surface area contributed by atoms with Crippen molar-refractivity contribution < 1.29 is 9.47 Å². The summed E-state index contributed by atoms with van der Waals surface area (Å²) in [6, 6.07) is 17.4. The molecule has 0 amide bonds. The van der Waals surface area contributed by atoms with Gasteiger partial charge in [0.25, 0.3) is 5.78 Å². The van der Waals surface area contributed by atoms with Gasteiger partial charge in [-0.2, -0.15) is 9.50 Å². The van der Waals surface area contributed by atoms with Gasteiger partial charge in [-0.1, -0.05) is 0 Å². The van der Waals surface area contributed by atoms with Crippen molar-refractivity contribution in [2.24, 2.45) is 0 Å². The highest BCUT2D eigenvalue weighted by Crippen LogP contribution is 2.28. The molecule has 0 unspecified atom stereocenters. The van der Waals surface area contributed by atoms with E-state index in [0.29, 0.717) is 5.78 Å². The molecule has 2 heterocycles. The van der Waals surface area contributed by atoms with Gasteiger partial charge in [-0.05, 0) is 54.6 Å². The van der Waals surface area contributed by atoms with Crippen molar-refractivity contribution in [3.05, 3.63) is 54.6 Å². The first-order chi connectivity index (χ1) is 12.7. The predicted molar refractivity (Wildman–Crippen MR) is 99.2 cm³/mol. The lowest BCUT2D eigenvalue weighted by atomic mass is 10.1. The average Bonchev–Trinajstić information content (AvgIpc) is 3.07. The lowest BCUT2D eigenvalue weighted by Crippen LogP contribution is -1.99. The number of hydrogen-bond donors (Lipinski definition) is 1. The number of nitrogen functional groups attached to an aromatic ring is 1. The third-order valence-electron chi connectivity index (χ3n) is 4.10. The minimum atomic E-state index is 0.180. The number of methoxy groups -OCH3 is 2. The Hall–Kier alpha value is -3.61. The second-order valence-electron chi connectivity index (χ2n) is 5.67. The Morgan fingerprint density at radius 1 is 0.808 bits per heavy atom. The van der Waals surface area contributed by atoms with E-state index in [1.807, 2.05) is 54.6 Å². The molecule has 4 aromatic rings. The van der Waals surface area contributed by atoms with Crippen LogP contribution in [0.2, 0.25) is 0 Å². The van der Waals surface area contributed by atoms with Gasteiger partial charge in [0, 0.05) is 11.1 Å². The van der Waals surface area contributed by atoms with Crippen LogP contribution in [0.4, 0.5) is 5.95 Å². The molecule has 7 nitrogen and oxygen atoms in total. The van der Waals surface area contributed by atoms with Gasteiger partial charge in [-0.15, -0.1) is 5.10 Å². The minimum Gasteiger partial charge on any atom is -0.497 e. The summed E-state index contributed by atoms with van der Waals surface area (Å²) in [5.74, 6) is 2.20. The first kappa shape index (κ1) is 15.9. The number of hydrogen-bond acceptors (Lipinski definition) is 6. The van der Waals surface area contributed by atoms with Crippen LogP contribution in [-0.2, 0) is 0 Å². The van der Waals surface area contributed by atoms with E-state index in [0.717, 1.165) is 34.0 Å². The smallest absolute Gasteiger partial charge is 0.255 e. The molecule has 0 saturated heterocycles. The van der Waals surface area contributed by atoms with Crippen molar-refractivity contribution >= 4 is 11.7 Å². The standard InChI is InChI=1S/C19H17N5O2/c1-25-14-7-3-12(4-8-14)16-11-17(13-5-9-15(26-2)10-6-13)24-19(21-16)22-18(20)23-24/h3-11H,1-2H3,(H2,20,23). The number of aromatic nitrogens is 4. The summed E-state index contributed by atoms with van der Waals surface area (Å²) in [4.78, 5) is 8.81. The van der Waals surface area contributed by atoms with Crippen LogP contribution in [0, 0.1) is 0 Å². The molecule has 2 N–H and O–H groups in total. The number of fused-ring (bicyclic) bond motifs is 1. The molecule has 0 saturated carbocycles. The zero-order valence-corrected chi connectivity index (χ0v) is 14.4. The summed E-state index contributed by atoms with van der Waals surface area (Å²) in [6.07, 6.45) is 0. The van der Waals surface area contributed by atoms with E-state index in [2.05, 4.69) is 15.1 Å². The van der Waals surface area contributed by atoms with Crippen LogP contribution >= 0.6 is 0 Å². The molecule has 0 atom stereocenters. The second kappa shape index (κ2) is 6.36. The van der Waals surface area contributed by atoms with Gasteiger partial charge in [0.05, 0.1) is 25.6 Å². The first-order valence-corrected chi connectivity index (χ1v) is 8.00. The summed E-state index contributed by atoms with van der Waals surface area (Å²) in [5, 5.41) is 4.26. The Labute approximate surface area is 150 Å². The van der Waals surface area contributed by atoms with Crippen LogP contribution in [-0.4, -0.2) is 33.8 Å². The van der Waals surface area contributed by atoms with Gasteiger partial charge in [0.2, 0.25) is 5.95 Å². The fourth-order valence-electron chi connectivity index (χ4n) is 2.76. The summed E-state index contributed by atoms with van der Waals surface area (Å²) >= 11 is 0. The second-order valence-corrected chi connectivity index (χ2v) is 5.67. The number of anilines is 1. The summed E-state index contributed by atoms with van der Waals surface area (Å²) < 4.78 is 12.1. The molecule has 0 radical (unpaired) electrons. The summed E-state index contributed by atoms with van der Waals surface area (Å²) in [6.45, 7) is 0. The quantitative estimate of drug-likeness (QED) is 0.610.